The molecule has 0 spiro atoms. The van der Waals surface area contributed by atoms with Gasteiger partial charge >= 0.3 is 26.2 Å². The van der Waals surface area contributed by atoms with Gasteiger partial charge in [0.2, 0.25) is 0 Å². The van der Waals surface area contributed by atoms with Crippen LogP contribution in [0.2, 0.25) is 0 Å². The summed E-state index contributed by atoms with van der Waals surface area (Å²) in [6, 6.07) is 7.08. The van der Waals surface area contributed by atoms with Crippen LogP contribution in [0, 0.1) is 6.92 Å². The van der Waals surface area contributed by atoms with E-state index in [1.165, 1.54) is 0 Å². The molecule has 2 aliphatic heterocycles. The van der Waals surface area contributed by atoms with Crippen LogP contribution in [0.3, 0.4) is 0 Å². The van der Waals surface area contributed by atoms with Crippen molar-refractivity contribution >= 4 is 37.1 Å². The predicted molar refractivity (Wildman–Crippen MR) is 152 cm³/mol. The number of aliphatic hydroxyl groups excluding tert-OH is 1. The normalized spacial score (nSPS) is 16.4. The third-order valence-corrected chi connectivity index (χ3v) is 6.43. The summed E-state index contributed by atoms with van der Waals surface area (Å²) in [6.07, 6.45) is -0.846. The summed E-state index contributed by atoms with van der Waals surface area (Å²) in [5.74, 6) is 0.568. The number of esters is 2. The van der Waals surface area contributed by atoms with E-state index in [0.717, 1.165) is 29.4 Å². The molecule has 224 valence electrons. The minimum Gasteiger partial charge on any atom is -0.497 e. The number of nitrogens with two attached hydrogens (primary N) is 1. The third-order valence-electron chi connectivity index (χ3n) is 6.43. The van der Waals surface area contributed by atoms with Crippen LogP contribution in [0.4, 0.5) is 0 Å². The number of fused-ring (bicyclic) bond motifs is 2. The molecule has 5 N–H and O–H groups in total. The van der Waals surface area contributed by atoms with E-state index < -0.39 is 26.4 Å². The highest BCUT2D eigenvalue weighted by atomic mass is 16.6. The van der Waals surface area contributed by atoms with Crippen molar-refractivity contribution in [2.24, 2.45) is 5.73 Å². The fourth-order valence-electron chi connectivity index (χ4n) is 4.78. The van der Waals surface area contributed by atoms with Crippen LogP contribution in [0.1, 0.15) is 61.2 Å². The lowest BCUT2D eigenvalue weighted by molar-refractivity contribution is -0.146. The van der Waals surface area contributed by atoms with E-state index in [9.17, 15) is 19.6 Å². The summed E-state index contributed by atoms with van der Waals surface area (Å²) in [6.45, 7) is 6.32. The number of carbonyl (C=O) groups excluding carboxylic acids is 2. The summed E-state index contributed by atoms with van der Waals surface area (Å²) in [7, 11) is 2.01. The van der Waals surface area contributed by atoms with Crippen molar-refractivity contribution in [2.45, 2.75) is 52.4 Å². The second-order valence-corrected chi connectivity index (χ2v) is 8.91. The molecule has 2 aromatic rings. The van der Waals surface area contributed by atoms with Crippen molar-refractivity contribution in [3.8, 4) is 11.5 Å². The summed E-state index contributed by atoms with van der Waals surface area (Å²) in [5.41, 5.74) is 10.3. The van der Waals surface area contributed by atoms with Crippen LogP contribution in [-0.4, -0.2) is 75.9 Å². The van der Waals surface area contributed by atoms with E-state index in [4.69, 9.17) is 39.1 Å². The Morgan fingerprint density at radius 3 is 1.71 bits per heavy atom. The second kappa shape index (κ2) is 16.3. The molecule has 2 aromatic carbocycles. The van der Waals surface area contributed by atoms with Crippen molar-refractivity contribution in [1.29, 1.82) is 0 Å². The van der Waals surface area contributed by atoms with Gasteiger partial charge in [0.15, 0.2) is 0 Å². The van der Waals surface area contributed by atoms with Crippen molar-refractivity contribution in [2.75, 3.05) is 34.5 Å². The van der Waals surface area contributed by atoms with Crippen molar-refractivity contribution < 1.29 is 53.0 Å². The van der Waals surface area contributed by atoms with Crippen LogP contribution < -0.4 is 26.1 Å². The molecule has 0 saturated carbocycles. The number of carbonyl (C=O) groups is 2. The Bertz CT molecular complexity index is 1180. The summed E-state index contributed by atoms with van der Waals surface area (Å²) in [5, 5.41) is 26.9. The van der Waals surface area contributed by atoms with Gasteiger partial charge in [-0.15, -0.1) is 0 Å². The minimum atomic E-state index is -1.08. The minimum absolute atomic E-state index is 0.0528. The smallest absolute Gasteiger partial charge is 0.492 e. The van der Waals surface area contributed by atoms with Crippen LogP contribution in [0.25, 0.3) is 0 Å². The van der Waals surface area contributed by atoms with E-state index in [0.29, 0.717) is 35.6 Å². The molecule has 0 aromatic heterocycles. The molecule has 4 rings (SSSR count). The first-order valence-corrected chi connectivity index (χ1v) is 13.2. The highest BCUT2D eigenvalue weighted by Gasteiger charge is 2.39. The molecule has 0 aliphatic carbocycles. The Kier molecular flexibility index (Phi) is 13.6. The van der Waals surface area contributed by atoms with Gasteiger partial charge < -0.3 is 49.1 Å². The Labute approximate surface area is 240 Å². The number of aliphatic hydroxyl groups is 1. The first kappa shape index (κ1) is 34.1. The molecular weight excluding hydrogens is 536 g/mol. The maximum absolute atomic E-state index is 11.6. The van der Waals surface area contributed by atoms with E-state index in [2.05, 4.69) is 0 Å². The van der Waals surface area contributed by atoms with Gasteiger partial charge in [-0.05, 0) is 78.2 Å². The molecule has 2 aliphatic rings. The monoisotopic (exact) mass is 575 g/mol. The molecule has 12 nitrogen and oxygen atoms in total. The lowest BCUT2D eigenvalue weighted by Crippen LogP contribution is -2.28. The molecule has 41 heavy (non-hydrogen) atoms. The molecule has 0 radical (unpaired) electrons. The van der Waals surface area contributed by atoms with Gasteiger partial charge in [-0.3, -0.25) is 9.59 Å². The lowest BCUT2D eigenvalue weighted by Gasteiger charge is -2.15. The van der Waals surface area contributed by atoms with Crippen molar-refractivity contribution in [1.82, 2.24) is 0 Å². The van der Waals surface area contributed by atoms with Crippen molar-refractivity contribution in [3.05, 3.63) is 46.5 Å². The molecule has 0 amide bonds. The third kappa shape index (κ3) is 8.44. The summed E-state index contributed by atoms with van der Waals surface area (Å²) < 4.78 is 31.0. The number of ether oxygens (including phenoxy) is 4. The number of hydrogen-bond acceptors (Lipinski definition) is 12. The summed E-state index contributed by atoms with van der Waals surface area (Å²) >= 11 is 0. The SMILES string of the molecule is CCOC(=O)CC1OB(O)c2cc(OC)cc(C)c21.CCOC(=O)CC1OB(O)c2cc(OC)cc(CN)c21.CO. The maximum atomic E-state index is 11.6. The Morgan fingerprint density at radius 1 is 0.829 bits per heavy atom. The zero-order chi connectivity index (χ0) is 30.7. The molecule has 2 heterocycles. The largest absolute Gasteiger partial charge is 0.497 e. The average molecular weight is 575 g/mol. The fraction of sp³-hybridized carbons (Fsp3) is 0.481. The van der Waals surface area contributed by atoms with Gasteiger partial charge in [0.1, 0.15) is 11.5 Å². The van der Waals surface area contributed by atoms with Gasteiger partial charge in [-0.25, -0.2) is 0 Å². The van der Waals surface area contributed by atoms with Gasteiger partial charge in [-0.2, -0.15) is 0 Å². The molecule has 0 bridgehead atoms. The zero-order valence-corrected chi connectivity index (χ0v) is 24.3. The number of methoxy groups -OCH3 is 2. The van der Waals surface area contributed by atoms with Crippen LogP contribution >= 0.6 is 0 Å². The van der Waals surface area contributed by atoms with Crippen LogP contribution in [0.5, 0.6) is 11.5 Å². The van der Waals surface area contributed by atoms with E-state index in [1.807, 2.05) is 13.0 Å². The topological polar surface area (TPSA) is 176 Å². The summed E-state index contributed by atoms with van der Waals surface area (Å²) in [4.78, 5) is 23.1. The highest BCUT2D eigenvalue weighted by molar-refractivity contribution is 6.62. The van der Waals surface area contributed by atoms with E-state index >= 15 is 0 Å². The maximum Gasteiger partial charge on any atom is 0.492 e. The zero-order valence-electron chi connectivity index (χ0n) is 24.3. The number of rotatable bonds is 9. The van der Waals surface area contributed by atoms with E-state index in [-0.39, 0.29) is 31.3 Å². The first-order chi connectivity index (χ1) is 19.7. The van der Waals surface area contributed by atoms with Crippen LogP contribution in [-0.2, 0) is 34.9 Å². The number of hydrogen-bond donors (Lipinski definition) is 4. The Morgan fingerprint density at radius 2 is 1.27 bits per heavy atom. The van der Waals surface area contributed by atoms with Crippen LogP contribution in [0.15, 0.2) is 24.3 Å². The second-order valence-electron chi connectivity index (χ2n) is 8.91. The molecule has 0 saturated heterocycles. The average Bonchev–Trinajstić information content (AvgIpc) is 3.44. The molecular formula is C27H39B2NO11. The number of aryl methyl sites for hydroxylation is 1. The Balaban J connectivity index is 0.000000271. The fourth-order valence-corrected chi connectivity index (χ4v) is 4.78. The van der Waals surface area contributed by atoms with Gasteiger partial charge in [0, 0.05) is 13.7 Å². The molecule has 0 fully saturated rings. The number of benzene rings is 2. The lowest BCUT2D eigenvalue weighted by atomic mass is 9.77. The van der Waals surface area contributed by atoms with Gasteiger partial charge in [0.25, 0.3) is 0 Å². The van der Waals surface area contributed by atoms with Crippen molar-refractivity contribution in [3.63, 3.8) is 0 Å². The van der Waals surface area contributed by atoms with Gasteiger partial charge in [0.05, 0.1) is 52.5 Å². The highest BCUT2D eigenvalue weighted by Crippen LogP contribution is 2.33. The van der Waals surface area contributed by atoms with Gasteiger partial charge in [-0.1, -0.05) is 0 Å². The predicted octanol–water partition coefficient (Wildman–Crippen LogP) is 0.190. The molecule has 14 heteroatoms. The van der Waals surface area contributed by atoms with E-state index in [1.54, 1.807) is 46.3 Å². The molecule has 2 atom stereocenters. The quantitative estimate of drug-likeness (QED) is 0.236. The standard InChI is InChI=1S/C13H18BNO5.C13H17BO5.CH4O/c1-3-19-12(16)6-11-13-8(7-15)4-9(18-2)5-10(13)14(17)20-11;1-4-18-12(15)7-11-13-8(2)5-9(17-3)6-10(13)14(16)19-11;1-2/h4-5,11,17H,3,6-7,15H2,1-2H3;5-6,11,16H,4,7H2,1-3H3;2H,1H3. The molecule has 2 unspecified atom stereocenters. The first-order valence-electron chi connectivity index (χ1n) is 13.2. The Hall–Kier alpha value is -3.13.